The van der Waals surface area contributed by atoms with E-state index in [1.54, 1.807) is 18.2 Å². The van der Waals surface area contributed by atoms with Crippen molar-refractivity contribution in [1.29, 1.82) is 0 Å². The molecule has 0 saturated carbocycles. The van der Waals surface area contributed by atoms with E-state index in [1.165, 1.54) is 12.1 Å². The molecule has 0 unspecified atom stereocenters. The van der Waals surface area contributed by atoms with Crippen molar-refractivity contribution in [3.63, 3.8) is 0 Å². The smallest absolute Gasteiger partial charge is 0.744 e. The molecule has 1 amide bonds. The summed E-state index contributed by atoms with van der Waals surface area (Å²) in [7, 11) is -4.72. The van der Waals surface area contributed by atoms with Gasteiger partial charge in [-0.15, -0.1) is 0 Å². The summed E-state index contributed by atoms with van der Waals surface area (Å²) in [5.74, 6) is -1.76. The molecule has 0 saturated heterocycles. The minimum atomic E-state index is -4.72. The number of anilines is 1. The quantitative estimate of drug-likeness (QED) is 0.388. The summed E-state index contributed by atoms with van der Waals surface area (Å²) < 4.78 is 33.1. The number of phenols is 1. The van der Waals surface area contributed by atoms with Gasteiger partial charge in [0.2, 0.25) is 0 Å². The Morgan fingerprint density at radius 3 is 2.38 bits per heavy atom. The number of nitrogens with zero attached hydrogens (tertiary/aromatic N) is 1. The molecule has 2 aromatic carbocycles. The second kappa shape index (κ2) is 6.66. The maximum atomic E-state index is 12.1. The molecule has 0 radical (unpaired) electrons. The van der Waals surface area contributed by atoms with Crippen LogP contribution in [0.4, 0.5) is 5.69 Å². The second-order valence-corrected chi connectivity index (χ2v) is 6.36. The third-order valence-electron chi connectivity index (χ3n) is 3.55. The Balaban J connectivity index is 0.00000208. The van der Waals surface area contributed by atoms with Gasteiger partial charge in [0.1, 0.15) is 15.9 Å². The molecule has 118 valence electrons. The van der Waals surface area contributed by atoms with Crippen molar-refractivity contribution in [3.05, 3.63) is 53.6 Å². The van der Waals surface area contributed by atoms with Crippen LogP contribution < -0.4 is 34.5 Å². The van der Waals surface area contributed by atoms with E-state index in [1.807, 2.05) is 0 Å². The summed E-state index contributed by atoms with van der Waals surface area (Å²) >= 11 is 0. The van der Waals surface area contributed by atoms with Gasteiger partial charge in [-0.2, -0.15) is 0 Å². The Labute approximate surface area is 159 Å². The van der Waals surface area contributed by atoms with Crippen LogP contribution in [0.5, 0.6) is 5.75 Å². The summed E-state index contributed by atoms with van der Waals surface area (Å²) in [6.07, 6.45) is 0. The number of aromatic hydroxyl groups is 1. The first-order valence-electron chi connectivity index (χ1n) is 6.52. The Morgan fingerprint density at radius 1 is 1.08 bits per heavy atom. The molecule has 9 heteroatoms. The molecule has 0 atom stereocenters. The minimum absolute atomic E-state index is 0. The van der Waals surface area contributed by atoms with Gasteiger partial charge in [-0.25, -0.2) is 8.42 Å². The monoisotopic (exact) mass is 355 g/mol. The van der Waals surface area contributed by atoms with Gasteiger partial charge in [-0.1, -0.05) is 18.2 Å². The van der Waals surface area contributed by atoms with E-state index in [4.69, 9.17) is 0 Å². The first kappa shape index (κ1) is 18.6. The van der Waals surface area contributed by atoms with Crippen LogP contribution >= 0.6 is 0 Å². The summed E-state index contributed by atoms with van der Waals surface area (Å²) in [5, 5.41) is 9.78. The molecule has 24 heavy (non-hydrogen) atoms. The summed E-state index contributed by atoms with van der Waals surface area (Å²) in [4.78, 5) is 24.7. The number of Topliss-reactive ketones (excluding diaryl/α,β-unsaturated/α-hetero) is 1. The molecule has 1 aliphatic heterocycles. The Kier molecular flexibility index (Phi) is 5.17. The SMILES string of the molecule is O=C1C(=O)N(Cc2ccccc2O)c2ccc(S(=O)(=O)[O-])cc21.[Na+]. The Morgan fingerprint density at radius 2 is 1.75 bits per heavy atom. The number of ketones is 1. The van der Waals surface area contributed by atoms with E-state index in [2.05, 4.69) is 0 Å². The molecule has 1 aliphatic rings. The topological polar surface area (TPSA) is 115 Å². The van der Waals surface area contributed by atoms with E-state index in [-0.39, 0.29) is 53.1 Å². The predicted molar refractivity (Wildman–Crippen MR) is 78.0 cm³/mol. The fourth-order valence-corrected chi connectivity index (χ4v) is 2.90. The summed E-state index contributed by atoms with van der Waals surface area (Å²) in [6.45, 7) is -0.0479. The first-order valence-corrected chi connectivity index (χ1v) is 7.93. The number of para-hydroxylation sites is 1. The molecule has 1 heterocycles. The van der Waals surface area contributed by atoms with Gasteiger partial charge < -0.3 is 14.6 Å². The molecular weight excluding hydrogens is 345 g/mol. The molecule has 1 N–H and O–H groups in total. The normalized spacial score (nSPS) is 13.6. The Bertz CT molecular complexity index is 941. The zero-order valence-electron chi connectivity index (χ0n) is 12.6. The van der Waals surface area contributed by atoms with Crippen LogP contribution in [0.25, 0.3) is 0 Å². The summed E-state index contributed by atoms with van der Waals surface area (Å²) in [5.41, 5.74) is 0.500. The number of rotatable bonds is 3. The molecule has 0 spiro atoms. The third kappa shape index (κ3) is 3.24. The molecule has 0 aromatic heterocycles. The van der Waals surface area contributed by atoms with Crippen molar-refractivity contribution in [1.82, 2.24) is 0 Å². The van der Waals surface area contributed by atoms with Crippen molar-refractivity contribution >= 4 is 27.5 Å². The number of hydrogen-bond acceptors (Lipinski definition) is 6. The van der Waals surface area contributed by atoms with E-state index in [0.717, 1.165) is 17.0 Å². The number of benzene rings is 2. The molecule has 0 fully saturated rings. The molecule has 7 nitrogen and oxygen atoms in total. The number of phenolic OH excluding ortho intramolecular Hbond substituents is 1. The standard InChI is InChI=1S/C15H11NO6S.Na/c17-13-4-2-1-3-9(13)8-16-12-6-5-10(23(20,21)22)7-11(12)14(18)15(16)19;/h1-7,17H,8H2,(H,20,21,22);/q;+1/p-1. The van der Waals surface area contributed by atoms with Crippen molar-refractivity contribution < 1.29 is 57.2 Å². The van der Waals surface area contributed by atoms with E-state index < -0.39 is 26.7 Å². The second-order valence-electron chi connectivity index (χ2n) is 4.98. The number of fused-ring (bicyclic) bond motifs is 1. The maximum absolute atomic E-state index is 12.1. The number of carbonyl (C=O) groups is 2. The number of carbonyl (C=O) groups excluding carboxylic acids is 2. The van der Waals surface area contributed by atoms with Crippen molar-refractivity contribution in [2.75, 3.05) is 4.90 Å². The molecule has 0 aliphatic carbocycles. The van der Waals surface area contributed by atoms with Crippen LogP contribution in [0, 0.1) is 0 Å². The molecule has 0 bridgehead atoms. The van der Waals surface area contributed by atoms with Crippen LogP contribution in [-0.2, 0) is 21.5 Å². The molecular formula is C15H10NNaO6S. The van der Waals surface area contributed by atoms with Gasteiger partial charge in [-0.05, 0) is 24.3 Å². The van der Waals surface area contributed by atoms with Crippen molar-refractivity contribution in [3.8, 4) is 5.75 Å². The van der Waals surface area contributed by atoms with Gasteiger partial charge in [0.15, 0.2) is 0 Å². The average molecular weight is 355 g/mol. The predicted octanol–water partition coefficient (Wildman–Crippen LogP) is -1.97. The van der Waals surface area contributed by atoms with Gasteiger partial charge in [0.25, 0.3) is 11.7 Å². The van der Waals surface area contributed by atoms with Gasteiger partial charge in [0.05, 0.1) is 22.7 Å². The van der Waals surface area contributed by atoms with Crippen LogP contribution in [0.3, 0.4) is 0 Å². The summed E-state index contributed by atoms with van der Waals surface area (Å²) in [6, 6.07) is 9.53. The fourth-order valence-electron chi connectivity index (χ4n) is 2.41. The largest absolute Gasteiger partial charge is 1.00 e. The minimum Gasteiger partial charge on any atom is -0.744 e. The van der Waals surface area contributed by atoms with Crippen LogP contribution in [0.1, 0.15) is 15.9 Å². The van der Waals surface area contributed by atoms with Crippen molar-refractivity contribution in [2.24, 2.45) is 0 Å². The molecule has 2 aromatic rings. The van der Waals surface area contributed by atoms with Gasteiger partial charge in [-0.3, -0.25) is 9.59 Å². The van der Waals surface area contributed by atoms with Crippen LogP contribution in [0.2, 0.25) is 0 Å². The fraction of sp³-hybridized carbons (Fsp3) is 0.0667. The van der Waals surface area contributed by atoms with E-state index >= 15 is 0 Å². The third-order valence-corrected chi connectivity index (χ3v) is 4.38. The molecule has 3 rings (SSSR count). The Hall–Kier alpha value is -1.71. The van der Waals surface area contributed by atoms with Crippen molar-refractivity contribution in [2.45, 2.75) is 11.4 Å². The number of amides is 1. The van der Waals surface area contributed by atoms with Gasteiger partial charge in [0, 0.05) is 5.56 Å². The van der Waals surface area contributed by atoms with Crippen LogP contribution in [-0.4, -0.2) is 29.8 Å². The van der Waals surface area contributed by atoms with Gasteiger partial charge >= 0.3 is 29.6 Å². The van der Waals surface area contributed by atoms with E-state index in [9.17, 15) is 27.7 Å². The maximum Gasteiger partial charge on any atom is 1.00 e. The zero-order chi connectivity index (χ0) is 16.8. The first-order chi connectivity index (χ1) is 10.8. The zero-order valence-corrected chi connectivity index (χ0v) is 15.4. The van der Waals surface area contributed by atoms with Crippen LogP contribution in [0.15, 0.2) is 47.4 Å². The van der Waals surface area contributed by atoms with E-state index in [0.29, 0.717) is 5.56 Å². The average Bonchev–Trinajstić information content (AvgIpc) is 2.73. The number of hydrogen-bond donors (Lipinski definition) is 1.